The van der Waals surface area contributed by atoms with Crippen LogP contribution in [0.1, 0.15) is 56.4 Å². The molecular formula is C21H28N4O5S2. The molecule has 1 heterocycles. The second kappa shape index (κ2) is 10.9. The van der Waals surface area contributed by atoms with Gasteiger partial charge in [0.1, 0.15) is 21.8 Å². The summed E-state index contributed by atoms with van der Waals surface area (Å²) < 4.78 is 30.6. The Morgan fingerprint density at radius 3 is 2.44 bits per heavy atom. The SMILES string of the molecule is CCC(C(=O)Nc1nnc(C2CCCCC2)s1)S(=O)(=O)CC(=O)Nc1ccc(OC)cc1. The van der Waals surface area contributed by atoms with Crippen LogP contribution in [0.4, 0.5) is 10.8 Å². The molecule has 0 spiro atoms. The molecule has 3 rings (SSSR count). The van der Waals surface area contributed by atoms with Crippen molar-refractivity contribution >= 4 is 43.8 Å². The third-order valence-corrected chi connectivity index (χ3v) is 8.51. The van der Waals surface area contributed by atoms with Crippen LogP contribution in [-0.2, 0) is 19.4 Å². The van der Waals surface area contributed by atoms with Gasteiger partial charge in [0.15, 0.2) is 9.84 Å². The topological polar surface area (TPSA) is 127 Å². The van der Waals surface area contributed by atoms with Gasteiger partial charge in [-0.05, 0) is 43.5 Å². The van der Waals surface area contributed by atoms with Crippen molar-refractivity contribution in [2.24, 2.45) is 0 Å². The number of aromatic nitrogens is 2. The Morgan fingerprint density at radius 1 is 1.12 bits per heavy atom. The van der Waals surface area contributed by atoms with Crippen LogP contribution in [0.3, 0.4) is 0 Å². The second-order valence-electron chi connectivity index (χ2n) is 7.75. The summed E-state index contributed by atoms with van der Waals surface area (Å²) in [7, 11) is -2.51. The minimum absolute atomic E-state index is 0.0399. The van der Waals surface area contributed by atoms with E-state index in [9.17, 15) is 18.0 Å². The van der Waals surface area contributed by atoms with Gasteiger partial charge in [-0.3, -0.25) is 14.9 Å². The number of carbonyl (C=O) groups is 2. The number of anilines is 2. The summed E-state index contributed by atoms with van der Waals surface area (Å²) >= 11 is 1.29. The molecule has 1 aliphatic rings. The lowest BCUT2D eigenvalue weighted by atomic mass is 9.90. The van der Waals surface area contributed by atoms with Crippen molar-refractivity contribution < 1.29 is 22.7 Å². The maximum atomic E-state index is 12.8. The Hall–Kier alpha value is -2.53. The number of ether oxygens (including phenoxy) is 1. The fraction of sp³-hybridized carbons (Fsp3) is 0.524. The molecule has 1 aromatic heterocycles. The molecule has 1 atom stereocenters. The highest BCUT2D eigenvalue weighted by molar-refractivity contribution is 7.93. The van der Waals surface area contributed by atoms with E-state index in [-0.39, 0.29) is 11.6 Å². The predicted molar refractivity (Wildman–Crippen MR) is 124 cm³/mol. The molecule has 0 bridgehead atoms. The zero-order chi connectivity index (χ0) is 23.1. The molecule has 1 aliphatic carbocycles. The maximum Gasteiger partial charge on any atom is 0.244 e. The summed E-state index contributed by atoms with van der Waals surface area (Å²) in [5.41, 5.74) is 0.438. The first-order valence-electron chi connectivity index (χ1n) is 10.6. The van der Waals surface area contributed by atoms with Crippen LogP contribution in [0, 0.1) is 0 Å². The van der Waals surface area contributed by atoms with Gasteiger partial charge in [0, 0.05) is 11.6 Å². The van der Waals surface area contributed by atoms with Crippen molar-refractivity contribution in [1.82, 2.24) is 10.2 Å². The van der Waals surface area contributed by atoms with Crippen LogP contribution >= 0.6 is 11.3 Å². The quantitative estimate of drug-likeness (QED) is 0.563. The molecule has 174 valence electrons. The van der Waals surface area contributed by atoms with Crippen LogP contribution in [0.15, 0.2) is 24.3 Å². The average molecular weight is 481 g/mol. The first-order valence-corrected chi connectivity index (χ1v) is 13.1. The zero-order valence-corrected chi connectivity index (χ0v) is 19.8. The van der Waals surface area contributed by atoms with Gasteiger partial charge >= 0.3 is 0 Å². The Kier molecular flexibility index (Phi) is 8.19. The molecule has 1 fully saturated rings. The lowest BCUT2D eigenvalue weighted by Gasteiger charge is -2.18. The van der Waals surface area contributed by atoms with Gasteiger partial charge in [-0.1, -0.05) is 37.5 Å². The molecule has 32 heavy (non-hydrogen) atoms. The van der Waals surface area contributed by atoms with Crippen LogP contribution in [0.5, 0.6) is 5.75 Å². The van der Waals surface area contributed by atoms with Gasteiger partial charge in [-0.2, -0.15) is 0 Å². The minimum atomic E-state index is -4.03. The lowest BCUT2D eigenvalue weighted by molar-refractivity contribution is -0.115. The van der Waals surface area contributed by atoms with E-state index in [1.165, 1.54) is 24.9 Å². The second-order valence-corrected chi connectivity index (χ2v) is 10.9. The molecule has 1 unspecified atom stereocenters. The molecule has 2 N–H and O–H groups in total. The van der Waals surface area contributed by atoms with Crippen molar-refractivity contribution in [2.45, 2.75) is 56.6 Å². The van der Waals surface area contributed by atoms with Crippen molar-refractivity contribution in [3.8, 4) is 5.75 Å². The number of methoxy groups -OCH3 is 1. The van der Waals surface area contributed by atoms with E-state index >= 15 is 0 Å². The van der Waals surface area contributed by atoms with Gasteiger partial charge in [0.05, 0.1) is 7.11 Å². The third-order valence-electron chi connectivity index (χ3n) is 5.43. The first-order chi connectivity index (χ1) is 15.3. The van der Waals surface area contributed by atoms with E-state index < -0.39 is 32.7 Å². The van der Waals surface area contributed by atoms with Crippen molar-refractivity contribution in [2.75, 3.05) is 23.5 Å². The summed E-state index contributed by atoms with van der Waals surface area (Å²) in [5, 5.41) is 13.1. The predicted octanol–water partition coefficient (Wildman–Crippen LogP) is 3.37. The number of hydrogen-bond donors (Lipinski definition) is 2. The highest BCUT2D eigenvalue weighted by Crippen LogP contribution is 2.35. The van der Waals surface area contributed by atoms with Gasteiger partial charge in [-0.15, -0.1) is 10.2 Å². The Bertz CT molecular complexity index is 1030. The fourth-order valence-corrected chi connectivity index (χ4v) is 6.19. The molecule has 0 aliphatic heterocycles. The van der Waals surface area contributed by atoms with Crippen molar-refractivity contribution in [1.29, 1.82) is 0 Å². The number of amides is 2. The Balaban J connectivity index is 1.60. The number of sulfone groups is 1. The number of nitrogens with one attached hydrogen (secondary N) is 2. The van der Waals surface area contributed by atoms with Gasteiger partial charge in [0.25, 0.3) is 0 Å². The van der Waals surface area contributed by atoms with E-state index in [1.807, 2.05) is 0 Å². The number of nitrogens with zero attached hydrogens (tertiary/aromatic N) is 2. The minimum Gasteiger partial charge on any atom is -0.497 e. The normalized spacial score (nSPS) is 15.7. The van der Waals surface area contributed by atoms with E-state index in [2.05, 4.69) is 20.8 Å². The monoisotopic (exact) mass is 480 g/mol. The number of carbonyl (C=O) groups excluding carboxylic acids is 2. The molecule has 2 aromatic rings. The van der Waals surface area contributed by atoms with Gasteiger partial charge in [0.2, 0.25) is 16.9 Å². The smallest absolute Gasteiger partial charge is 0.244 e. The van der Waals surface area contributed by atoms with E-state index in [0.717, 1.165) is 30.7 Å². The average Bonchev–Trinajstić information content (AvgIpc) is 3.23. The third kappa shape index (κ3) is 6.26. The van der Waals surface area contributed by atoms with E-state index in [0.29, 0.717) is 17.4 Å². The Morgan fingerprint density at radius 2 is 1.81 bits per heavy atom. The standard InChI is InChI=1S/C21H28N4O5S2/c1-3-17(19(27)23-21-25-24-20(31-21)14-7-5-4-6-8-14)32(28,29)13-18(26)22-15-9-11-16(30-2)12-10-15/h9-12,14,17H,3-8,13H2,1-2H3,(H,22,26)(H,23,25,27). The molecular weight excluding hydrogens is 452 g/mol. The van der Waals surface area contributed by atoms with E-state index in [4.69, 9.17) is 4.74 Å². The van der Waals surface area contributed by atoms with Crippen LogP contribution in [0.25, 0.3) is 0 Å². The van der Waals surface area contributed by atoms with Crippen LogP contribution in [-0.4, -0.2) is 48.5 Å². The van der Waals surface area contributed by atoms with Crippen molar-refractivity contribution in [3.05, 3.63) is 29.3 Å². The highest BCUT2D eigenvalue weighted by Gasteiger charge is 2.33. The summed E-state index contributed by atoms with van der Waals surface area (Å²) in [4.78, 5) is 25.0. The molecule has 1 saturated carbocycles. The summed E-state index contributed by atoms with van der Waals surface area (Å²) in [5.74, 6) is -1.25. The first kappa shape index (κ1) is 24.1. The lowest BCUT2D eigenvalue weighted by Crippen LogP contribution is -2.39. The van der Waals surface area contributed by atoms with Crippen molar-refractivity contribution in [3.63, 3.8) is 0 Å². The maximum absolute atomic E-state index is 12.8. The van der Waals surface area contributed by atoms with Crippen LogP contribution in [0.2, 0.25) is 0 Å². The molecule has 1 aromatic carbocycles. The molecule has 0 saturated heterocycles. The molecule has 0 radical (unpaired) electrons. The number of hydrogen-bond acceptors (Lipinski definition) is 8. The van der Waals surface area contributed by atoms with Gasteiger partial charge in [-0.25, -0.2) is 8.42 Å². The Labute approximate surface area is 191 Å². The van der Waals surface area contributed by atoms with E-state index in [1.54, 1.807) is 31.2 Å². The zero-order valence-electron chi connectivity index (χ0n) is 18.2. The fourth-order valence-electron chi connectivity index (χ4n) is 3.74. The molecule has 9 nitrogen and oxygen atoms in total. The molecule has 11 heteroatoms. The summed E-state index contributed by atoms with van der Waals surface area (Å²) in [6, 6.07) is 6.51. The summed E-state index contributed by atoms with van der Waals surface area (Å²) in [6.07, 6.45) is 5.68. The summed E-state index contributed by atoms with van der Waals surface area (Å²) in [6.45, 7) is 1.59. The highest BCUT2D eigenvalue weighted by atomic mass is 32.2. The molecule has 2 amide bonds. The van der Waals surface area contributed by atoms with Crippen LogP contribution < -0.4 is 15.4 Å². The number of rotatable bonds is 9. The number of benzene rings is 1. The van der Waals surface area contributed by atoms with Gasteiger partial charge < -0.3 is 10.1 Å². The largest absolute Gasteiger partial charge is 0.497 e.